The fourth-order valence-corrected chi connectivity index (χ4v) is 2.23. The van der Waals surface area contributed by atoms with Crippen molar-refractivity contribution in [2.24, 2.45) is 0 Å². The molecule has 1 aromatic rings. The van der Waals surface area contributed by atoms with Gasteiger partial charge in [0.15, 0.2) is 0 Å². The number of halogens is 2. The molecule has 0 aliphatic carbocycles. The first kappa shape index (κ1) is 12.5. The van der Waals surface area contributed by atoms with E-state index in [9.17, 15) is 4.79 Å². The van der Waals surface area contributed by atoms with Crippen LogP contribution >= 0.6 is 27.5 Å². The minimum atomic E-state index is 0.00661. The van der Waals surface area contributed by atoms with Crippen molar-refractivity contribution in [1.82, 2.24) is 10.2 Å². The summed E-state index contributed by atoms with van der Waals surface area (Å²) in [5.41, 5.74) is 0.876. The number of hydrogen-bond donors (Lipinski definition) is 2. The van der Waals surface area contributed by atoms with E-state index in [4.69, 9.17) is 11.6 Å². The van der Waals surface area contributed by atoms with Crippen LogP contribution in [0.1, 0.15) is 0 Å². The second-order valence-electron chi connectivity index (χ2n) is 3.77. The van der Waals surface area contributed by atoms with Gasteiger partial charge >= 0.3 is 6.03 Å². The van der Waals surface area contributed by atoms with E-state index in [0.717, 1.165) is 23.2 Å². The Kier molecular flexibility index (Phi) is 4.12. The van der Waals surface area contributed by atoms with Crippen molar-refractivity contribution in [1.29, 1.82) is 0 Å². The van der Waals surface area contributed by atoms with Gasteiger partial charge in [-0.25, -0.2) is 4.79 Å². The molecule has 0 spiro atoms. The molecule has 1 fully saturated rings. The van der Waals surface area contributed by atoms with Crippen LogP contribution in [0.3, 0.4) is 0 Å². The van der Waals surface area contributed by atoms with Crippen molar-refractivity contribution in [3.8, 4) is 0 Å². The highest BCUT2D eigenvalue weighted by Gasteiger charge is 2.18. The van der Waals surface area contributed by atoms with E-state index in [2.05, 4.69) is 26.6 Å². The average Bonchev–Trinajstić information content (AvgIpc) is 2.70. The molecule has 4 nitrogen and oxygen atoms in total. The van der Waals surface area contributed by atoms with Crippen LogP contribution in [0, 0.1) is 0 Å². The van der Waals surface area contributed by atoms with Gasteiger partial charge in [0.1, 0.15) is 0 Å². The van der Waals surface area contributed by atoms with Gasteiger partial charge < -0.3 is 15.5 Å². The van der Waals surface area contributed by atoms with Gasteiger partial charge in [0, 0.05) is 30.7 Å². The summed E-state index contributed by atoms with van der Waals surface area (Å²) >= 11 is 9.43. The van der Waals surface area contributed by atoms with E-state index in [1.807, 2.05) is 18.2 Å². The zero-order chi connectivity index (χ0) is 12.3. The van der Waals surface area contributed by atoms with Gasteiger partial charge in [-0.3, -0.25) is 0 Å². The van der Waals surface area contributed by atoms with E-state index in [0.29, 0.717) is 18.1 Å². The van der Waals surface area contributed by atoms with E-state index in [1.54, 1.807) is 4.90 Å². The van der Waals surface area contributed by atoms with Gasteiger partial charge in [0.25, 0.3) is 0 Å². The summed E-state index contributed by atoms with van der Waals surface area (Å²) < 4.78 is 0.975. The Balaban J connectivity index is 1.85. The third-order valence-electron chi connectivity index (χ3n) is 2.57. The summed E-state index contributed by atoms with van der Waals surface area (Å²) in [6.07, 6.45) is 0. The molecule has 1 aliphatic heterocycles. The van der Waals surface area contributed by atoms with Crippen molar-refractivity contribution in [3.63, 3.8) is 0 Å². The summed E-state index contributed by atoms with van der Waals surface area (Å²) in [5.74, 6) is 0. The minimum Gasteiger partial charge on any atom is -0.382 e. The Morgan fingerprint density at radius 2 is 2.35 bits per heavy atom. The van der Waals surface area contributed by atoms with Gasteiger partial charge in [-0.15, -0.1) is 0 Å². The molecule has 17 heavy (non-hydrogen) atoms. The minimum absolute atomic E-state index is 0.00661. The van der Waals surface area contributed by atoms with Gasteiger partial charge in [0.2, 0.25) is 0 Å². The van der Waals surface area contributed by atoms with Crippen LogP contribution < -0.4 is 10.6 Å². The van der Waals surface area contributed by atoms with Crippen LogP contribution in [0.25, 0.3) is 0 Å². The normalized spacial score (nSPS) is 14.9. The predicted octanol–water partition coefficient (Wildman–Crippen LogP) is 2.54. The molecular weight excluding hydrogens is 305 g/mol. The molecule has 1 saturated heterocycles. The van der Waals surface area contributed by atoms with Crippen molar-refractivity contribution in [2.45, 2.75) is 0 Å². The summed E-state index contributed by atoms with van der Waals surface area (Å²) in [6.45, 7) is 2.86. The monoisotopic (exact) mass is 317 g/mol. The molecule has 1 aromatic carbocycles. The lowest BCUT2D eigenvalue weighted by molar-refractivity contribution is 0.219. The van der Waals surface area contributed by atoms with Crippen LogP contribution in [0.2, 0.25) is 5.02 Å². The second-order valence-corrected chi connectivity index (χ2v) is 5.09. The third kappa shape index (κ3) is 3.26. The first-order chi connectivity index (χ1) is 8.16. The molecule has 0 unspecified atom stereocenters. The molecule has 2 amide bonds. The first-order valence-corrected chi connectivity index (χ1v) is 6.55. The summed E-state index contributed by atoms with van der Waals surface area (Å²) in [7, 11) is 0. The molecule has 2 N–H and O–H groups in total. The van der Waals surface area contributed by atoms with Crippen LogP contribution in [0.15, 0.2) is 22.7 Å². The lowest BCUT2D eigenvalue weighted by Gasteiger charge is -2.15. The topological polar surface area (TPSA) is 44.4 Å². The molecule has 6 heteroatoms. The average molecular weight is 319 g/mol. The predicted molar refractivity (Wildman–Crippen MR) is 72.6 cm³/mol. The van der Waals surface area contributed by atoms with E-state index < -0.39 is 0 Å². The number of carbonyl (C=O) groups is 1. The lowest BCUT2D eigenvalue weighted by Crippen LogP contribution is -2.32. The van der Waals surface area contributed by atoms with Crippen LogP contribution in [0.4, 0.5) is 10.5 Å². The van der Waals surface area contributed by atoms with Gasteiger partial charge in [-0.05, 0) is 18.2 Å². The number of carbonyl (C=O) groups excluding carboxylic acids is 1. The summed E-state index contributed by atoms with van der Waals surface area (Å²) in [6, 6.07) is 5.65. The Labute approximate surface area is 113 Å². The number of urea groups is 1. The molecule has 0 atom stereocenters. The van der Waals surface area contributed by atoms with Crippen LogP contribution in [-0.2, 0) is 0 Å². The quantitative estimate of drug-likeness (QED) is 0.896. The molecule has 0 bridgehead atoms. The fourth-order valence-electron chi connectivity index (χ4n) is 1.68. The van der Waals surface area contributed by atoms with Crippen molar-refractivity contribution < 1.29 is 4.79 Å². The largest absolute Gasteiger partial charge is 0.382 e. The van der Waals surface area contributed by atoms with Crippen LogP contribution in [0.5, 0.6) is 0 Å². The zero-order valence-corrected chi connectivity index (χ0v) is 11.5. The molecule has 0 saturated carbocycles. The number of anilines is 1. The Morgan fingerprint density at radius 1 is 1.53 bits per heavy atom. The highest BCUT2D eigenvalue weighted by Crippen LogP contribution is 2.25. The van der Waals surface area contributed by atoms with Crippen molar-refractivity contribution in [3.05, 3.63) is 27.7 Å². The van der Waals surface area contributed by atoms with Gasteiger partial charge in [0.05, 0.1) is 10.7 Å². The summed E-state index contributed by atoms with van der Waals surface area (Å²) in [5, 5.41) is 6.66. The fraction of sp³-hybridized carbons (Fsp3) is 0.364. The molecule has 0 radical (unpaired) electrons. The molecular formula is C11H13BrClN3O. The van der Waals surface area contributed by atoms with Crippen molar-refractivity contribution in [2.75, 3.05) is 31.5 Å². The Hall–Kier alpha value is -0.940. The molecule has 1 aliphatic rings. The van der Waals surface area contributed by atoms with E-state index in [-0.39, 0.29) is 6.03 Å². The standard InChI is InChI=1S/C11H13BrClN3O/c12-8-1-2-9(13)10(7-8)14-3-5-16-6-4-15-11(16)17/h1-2,7,14H,3-6H2,(H,15,17). The maximum atomic E-state index is 11.3. The maximum Gasteiger partial charge on any atom is 0.317 e. The lowest BCUT2D eigenvalue weighted by atomic mass is 10.3. The summed E-state index contributed by atoms with van der Waals surface area (Å²) in [4.78, 5) is 13.1. The molecule has 1 heterocycles. The SMILES string of the molecule is O=C1NCCN1CCNc1cc(Br)ccc1Cl. The van der Waals surface area contributed by atoms with Gasteiger partial charge in [-0.1, -0.05) is 27.5 Å². The Bertz CT molecular complexity index is 427. The van der Waals surface area contributed by atoms with Gasteiger partial charge in [-0.2, -0.15) is 0 Å². The molecule has 0 aromatic heterocycles. The maximum absolute atomic E-state index is 11.3. The number of benzene rings is 1. The number of nitrogens with one attached hydrogen (secondary N) is 2. The third-order valence-corrected chi connectivity index (χ3v) is 3.39. The molecule has 2 rings (SSSR count). The number of rotatable bonds is 4. The zero-order valence-electron chi connectivity index (χ0n) is 9.17. The van der Waals surface area contributed by atoms with Crippen LogP contribution in [-0.4, -0.2) is 37.1 Å². The number of hydrogen-bond acceptors (Lipinski definition) is 2. The van der Waals surface area contributed by atoms with E-state index >= 15 is 0 Å². The van der Waals surface area contributed by atoms with Crippen molar-refractivity contribution >= 4 is 39.2 Å². The smallest absolute Gasteiger partial charge is 0.317 e. The number of nitrogens with zero attached hydrogens (tertiary/aromatic N) is 1. The first-order valence-electron chi connectivity index (χ1n) is 5.38. The highest BCUT2D eigenvalue weighted by atomic mass is 79.9. The highest BCUT2D eigenvalue weighted by molar-refractivity contribution is 9.10. The number of amides is 2. The van der Waals surface area contributed by atoms with E-state index in [1.165, 1.54) is 0 Å². The molecule has 92 valence electrons. The second kappa shape index (κ2) is 5.60. The Morgan fingerprint density at radius 3 is 3.06 bits per heavy atom.